The van der Waals surface area contributed by atoms with Gasteiger partial charge in [0, 0.05) is 12.8 Å². The lowest BCUT2D eigenvalue weighted by Crippen LogP contribution is -2.45. The van der Waals surface area contributed by atoms with E-state index >= 15 is 0 Å². The van der Waals surface area contributed by atoms with Gasteiger partial charge in [0.05, 0.1) is 25.4 Å². The van der Waals surface area contributed by atoms with Gasteiger partial charge in [0.1, 0.15) is 0 Å². The van der Waals surface area contributed by atoms with Gasteiger partial charge in [-0.2, -0.15) is 0 Å². The molecule has 0 spiro atoms. The van der Waals surface area contributed by atoms with E-state index in [1.807, 2.05) is 6.08 Å². The molecule has 85 heavy (non-hydrogen) atoms. The van der Waals surface area contributed by atoms with E-state index in [1.165, 1.54) is 321 Å². The van der Waals surface area contributed by atoms with Crippen LogP contribution in [-0.4, -0.2) is 47.4 Å². The molecule has 0 aliphatic heterocycles. The summed E-state index contributed by atoms with van der Waals surface area (Å²) in [6, 6.07) is -0.626. The van der Waals surface area contributed by atoms with Crippen LogP contribution in [0.4, 0.5) is 0 Å². The number of unbranched alkanes of at least 4 members (excludes halogenated alkanes) is 52. The van der Waals surface area contributed by atoms with Gasteiger partial charge in [-0.15, -0.1) is 0 Å². The summed E-state index contributed by atoms with van der Waals surface area (Å²) in [4.78, 5) is 24.6. The predicted molar refractivity (Wildman–Crippen MR) is 375 cm³/mol. The molecule has 0 saturated carbocycles. The van der Waals surface area contributed by atoms with Gasteiger partial charge in [0.15, 0.2) is 0 Å². The summed E-state index contributed by atoms with van der Waals surface area (Å²) in [6.45, 7) is 4.90. The van der Waals surface area contributed by atoms with Gasteiger partial charge in [-0.25, -0.2) is 0 Å². The zero-order chi connectivity index (χ0) is 61.3. The minimum atomic E-state index is -0.842. The predicted octanol–water partition coefficient (Wildman–Crippen LogP) is 25.0. The molecule has 0 aromatic heterocycles. The topological polar surface area (TPSA) is 95.9 Å². The third-order valence-corrected chi connectivity index (χ3v) is 17.5. The van der Waals surface area contributed by atoms with Crippen molar-refractivity contribution >= 4 is 11.9 Å². The Labute approximate surface area is 530 Å². The highest BCUT2D eigenvalue weighted by Gasteiger charge is 2.18. The van der Waals surface area contributed by atoms with Crippen LogP contribution < -0.4 is 5.32 Å². The third-order valence-electron chi connectivity index (χ3n) is 17.5. The minimum Gasteiger partial charge on any atom is -0.466 e. The molecule has 0 radical (unpaired) electrons. The average Bonchev–Trinajstić information content (AvgIpc) is 3.50. The Morgan fingerprint density at radius 1 is 0.329 bits per heavy atom. The minimum absolute atomic E-state index is 0.0112. The van der Waals surface area contributed by atoms with Gasteiger partial charge < -0.3 is 20.3 Å². The Balaban J connectivity index is 3.36. The molecule has 1 amide bonds. The van der Waals surface area contributed by atoms with Crippen molar-refractivity contribution in [3.05, 3.63) is 60.8 Å². The number of hydrogen-bond donors (Lipinski definition) is 3. The highest BCUT2D eigenvalue weighted by molar-refractivity contribution is 5.76. The van der Waals surface area contributed by atoms with Crippen LogP contribution in [0.25, 0.3) is 0 Å². The molecule has 0 rings (SSSR count). The van der Waals surface area contributed by atoms with Crippen LogP contribution in [0.2, 0.25) is 0 Å². The molecule has 0 saturated heterocycles. The Bertz CT molecular complexity index is 1470. The first-order chi connectivity index (χ1) is 42.0. The number of carbonyl (C=O) groups excluding carboxylic acids is 2. The molecule has 2 atom stereocenters. The molecule has 0 bridgehead atoms. The molecule has 0 aliphatic carbocycles. The zero-order valence-corrected chi connectivity index (χ0v) is 57.1. The first-order valence-electron chi connectivity index (χ1n) is 38.1. The fourth-order valence-corrected chi connectivity index (χ4v) is 11.7. The number of allylic oxidation sites excluding steroid dienone is 9. The van der Waals surface area contributed by atoms with Gasteiger partial charge in [-0.1, -0.05) is 357 Å². The Morgan fingerprint density at radius 3 is 0.906 bits per heavy atom. The molecule has 0 aliphatic rings. The summed E-state index contributed by atoms with van der Waals surface area (Å²) in [5, 5.41) is 23.1. The van der Waals surface area contributed by atoms with E-state index in [1.54, 1.807) is 6.08 Å². The van der Waals surface area contributed by atoms with Crippen molar-refractivity contribution in [1.29, 1.82) is 0 Å². The van der Waals surface area contributed by atoms with Crippen LogP contribution in [-0.2, 0) is 14.3 Å². The van der Waals surface area contributed by atoms with Crippen LogP contribution in [0, 0.1) is 0 Å². The standard InChI is InChI=1S/C79H147NO5/c1-3-5-7-9-11-13-15-17-18-19-42-45-49-53-57-61-65-69-73-79(84)85-74-70-66-62-58-54-50-46-43-40-38-36-34-32-30-28-26-24-22-20-21-23-25-27-29-31-33-35-37-39-41-44-48-52-56-60-64-68-72-78(83)80-76(75-81)77(82)71-67-63-59-55-51-47-16-14-12-10-8-6-4-2/h13,15,18-20,22,26,28,67,71,76-77,81-82H,3-12,14,16-17,21,23-25,27,29-66,68-70,72-75H2,1-2H3,(H,80,83)/b15-13-,19-18-,22-20-,28-26-,71-67+. The van der Waals surface area contributed by atoms with Crippen molar-refractivity contribution in [1.82, 2.24) is 5.32 Å². The molecule has 0 aromatic rings. The molecular weight excluding hydrogens is 1040 g/mol. The van der Waals surface area contributed by atoms with Crippen molar-refractivity contribution in [2.75, 3.05) is 13.2 Å². The van der Waals surface area contributed by atoms with E-state index in [0.717, 1.165) is 57.8 Å². The number of carbonyl (C=O) groups is 2. The Morgan fingerprint density at radius 2 is 0.588 bits per heavy atom. The maximum atomic E-state index is 12.5. The molecule has 6 nitrogen and oxygen atoms in total. The summed E-state index contributed by atoms with van der Waals surface area (Å²) in [7, 11) is 0. The van der Waals surface area contributed by atoms with Crippen LogP contribution in [0.3, 0.4) is 0 Å². The Kier molecular flexibility index (Phi) is 71.9. The van der Waals surface area contributed by atoms with Crippen LogP contribution in [0.1, 0.15) is 406 Å². The van der Waals surface area contributed by atoms with Gasteiger partial charge in [0.2, 0.25) is 5.91 Å². The first kappa shape index (κ1) is 82.6. The molecule has 0 fully saturated rings. The van der Waals surface area contributed by atoms with Gasteiger partial charge in [0.25, 0.3) is 0 Å². The third kappa shape index (κ3) is 70.5. The Hall–Kier alpha value is -2.44. The first-order valence-corrected chi connectivity index (χ1v) is 38.1. The fourth-order valence-electron chi connectivity index (χ4n) is 11.7. The molecule has 6 heteroatoms. The highest BCUT2D eigenvalue weighted by atomic mass is 16.5. The summed E-state index contributed by atoms with van der Waals surface area (Å²) in [6.07, 6.45) is 99.1. The lowest BCUT2D eigenvalue weighted by molar-refractivity contribution is -0.143. The number of amides is 1. The van der Waals surface area contributed by atoms with E-state index < -0.39 is 12.1 Å². The largest absolute Gasteiger partial charge is 0.466 e. The SMILES string of the molecule is CCCCCC/C=C\C/C=C\CCCCCCCCCC(=O)OCCCCCCCCCCCCCCC/C=C\C/C=C\CCCCCCCCCCCCCCCCCCCC(=O)NC(CO)C(O)/C=C/CCCCCCCCCCCCC. The van der Waals surface area contributed by atoms with Crippen LogP contribution in [0.5, 0.6) is 0 Å². The van der Waals surface area contributed by atoms with Gasteiger partial charge >= 0.3 is 5.97 Å². The van der Waals surface area contributed by atoms with E-state index in [0.29, 0.717) is 19.4 Å². The van der Waals surface area contributed by atoms with E-state index in [4.69, 9.17) is 4.74 Å². The molecule has 498 valence electrons. The van der Waals surface area contributed by atoms with E-state index in [2.05, 4.69) is 67.8 Å². The second-order valence-electron chi connectivity index (χ2n) is 26.0. The smallest absolute Gasteiger partial charge is 0.305 e. The van der Waals surface area contributed by atoms with Crippen molar-refractivity contribution in [2.24, 2.45) is 0 Å². The average molecular weight is 1190 g/mol. The quantitative estimate of drug-likeness (QED) is 0.0320. The number of aliphatic hydroxyl groups is 2. The zero-order valence-electron chi connectivity index (χ0n) is 57.1. The fraction of sp³-hybridized carbons (Fsp3) is 0.848. The number of rotatable bonds is 71. The lowest BCUT2D eigenvalue weighted by Gasteiger charge is -2.20. The molecule has 3 N–H and O–H groups in total. The highest BCUT2D eigenvalue weighted by Crippen LogP contribution is 2.18. The number of nitrogens with one attached hydrogen (secondary N) is 1. The van der Waals surface area contributed by atoms with Crippen LogP contribution in [0.15, 0.2) is 60.8 Å². The summed E-state index contributed by atoms with van der Waals surface area (Å²) >= 11 is 0. The number of esters is 1. The van der Waals surface area contributed by atoms with Crippen molar-refractivity contribution in [3.8, 4) is 0 Å². The van der Waals surface area contributed by atoms with Crippen molar-refractivity contribution in [3.63, 3.8) is 0 Å². The van der Waals surface area contributed by atoms with Crippen LogP contribution >= 0.6 is 0 Å². The number of ether oxygens (including phenoxy) is 1. The van der Waals surface area contributed by atoms with Gasteiger partial charge in [-0.3, -0.25) is 9.59 Å². The molecule has 0 heterocycles. The lowest BCUT2D eigenvalue weighted by atomic mass is 10.0. The molecule has 0 aromatic carbocycles. The van der Waals surface area contributed by atoms with E-state index in [-0.39, 0.29) is 18.5 Å². The second kappa shape index (κ2) is 74.0. The maximum Gasteiger partial charge on any atom is 0.305 e. The molecular formula is C79H147NO5. The van der Waals surface area contributed by atoms with Crippen molar-refractivity contribution < 1.29 is 24.5 Å². The monoisotopic (exact) mass is 1190 g/mol. The summed E-state index contributed by atoms with van der Waals surface area (Å²) in [5.74, 6) is -0.0531. The van der Waals surface area contributed by atoms with Gasteiger partial charge in [-0.05, 0) is 96.3 Å². The summed E-state index contributed by atoms with van der Waals surface area (Å²) < 4.78 is 5.50. The normalized spacial score (nSPS) is 12.8. The number of aliphatic hydroxyl groups excluding tert-OH is 2. The second-order valence-corrected chi connectivity index (χ2v) is 26.0. The van der Waals surface area contributed by atoms with E-state index in [9.17, 15) is 19.8 Å². The number of hydrogen-bond acceptors (Lipinski definition) is 5. The summed E-state index contributed by atoms with van der Waals surface area (Å²) in [5.41, 5.74) is 0. The molecule has 2 unspecified atom stereocenters. The maximum absolute atomic E-state index is 12.5. The van der Waals surface area contributed by atoms with Crippen molar-refractivity contribution in [2.45, 2.75) is 418 Å².